The van der Waals surface area contributed by atoms with Crippen LogP contribution in [0.1, 0.15) is 22.3 Å². The Morgan fingerprint density at radius 3 is 2.87 bits per heavy atom. The molecule has 0 aliphatic carbocycles. The van der Waals surface area contributed by atoms with Crippen molar-refractivity contribution in [3.8, 4) is 5.75 Å². The predicted molar refractivity (Wildman–Crippen MR) is 60.4 cm³/mol. The first-order valence-electron chi connectivity index (χ1n) is 4.63. The zero-order valence-corrected chi connectivity index (χ0v) is 10.0. The van der Waals surface area contributed by atoms with Crippen LogP contribution in [0.25, 0.3) is 0 Å². The van der Waals surface area contributed by atoms with Crippen molar-refractivity contribution in [3.63, 3.8) is 0 Å². The molecule has 82 valence electrons. The van der Waals surface area contributed by atoms with E-state index in [1.807, 2.05) is 13.0 Å². The summed E-state index contributed by atoms with van der Waals surface area (Å²) >= 11 is 3.30. The number of rotatable bonds is 5. The molecule has 0 unspecified atom stereocenters. The maximum absolute atomic E-state index is 11.9. The van der Waals surface area contributed by atoms with Gasteiger partial charge in [-0.25, -0.2) is 0 Å². The minimum absolute atomic E-state index is 0.291. The van der Waals surface area contributed by atoms with Crippen LogP contribution in [0.3, 0.4) is 0 Å². The number of carbonyl (C=O) groups is 1. The molecule has 0 aliphatic heterocycles. The maximum Gasteiger partial charge on any atom is 0.153 e. The van der Waals surface area contributed by atoms with Gasteiger partial charge in [-0.2, -0.15) is 0 Å². The fraction of sp³-hybridized carbons (Fsp3) is 0.364. The molecule has 0 N–H and O–H groups in total. The summed E-state index contributed by atoms with van der Waals surface area (Å²) in [5.74, 6) is 0.543. The number of alkyl halides is 1. The van der Waals surface area contributed by atoms with E-state index in [0.29, 0.717) is 24.3 Å². The monoisotopic (exact) mass is 274 g/mol. The van der Waals surface area contributed by atoms with Crippen molar-refractivity contribution in [1.29, 1.82) is 0 Å². The lowest BCUT2D eigenvalue weighted by molar-refractivity contribution is 0.111. The van der Waals surface area contributed by atoms with Gasteiger partial charge >= 0.3 is 0 Å². The van der Waals surface area contributed by atoms with E-state index in [2.05, 4.69) is 15.9 Å². The molecule has 4 heteroatoms. The van der Waals surface area contributed by atoms with Crippen LogP contribution in [0.15, 0.2) is 16.6 Å². The van der Waals surface area contributed by atoms with Crippen molar-refractivity contribution in [2.24, 2.45) is 0 Å². The molecule has 0 fully saturated rings. The highest BCUT2D eigenvalue weighted by Gasteiger charge is 2.08. The molecule has 0 atom stereocenters. The molecule has 0 heterocycles. The lowest BCUT2D eigenvalue weighted by Crippen LogP contribution is -2.02. The lowest BCUT2D eigenvalue weighted by Gasteiger charge is -2.11. The third-order valence-corrected chi connectivity index (χ3v) is 2.38. The SMILES string of the molecule is Cc1cc(Br)cc(C=O)c1OCCCF. The van der Waals surface area contributed by atoms with E-state index in [1.54, 1.807) is 6.07 Å². The molecule has 1 aromatic rings. The highest BCUT2D eigenvalue weighted by Crippen LogP contribution is 2.26. The summed E-state index contributed by atoms with van der Waals surface area (Å²) in [4.78, 5) is 10.8. The minimum Gasteiger partial charge on any atom is -0.492 e. The summed E-state index contributed by atoms with van der Waals surface area (Å²) in [6.45, 7) is 1.73. The molecule has 2 nitrogen and oxygen atoms in total. The Bertz CT molecular complexity index is 353. The highest BCUT2D eigenvalue weighted by molar-refractivity contribution is 9.10. The van der Waals surface area contributed by atoms with Crippen molar-refractivity contribution in [2.75, 3.05) is 13.3 Å². The molecule has 0 spiro atoms. The third kappa shape index (κ3) is 3.30. The Morgan fingerprint density at radius 1 is 1.53 bits per heavy atom. The Morgan fingerprint density at radius 2 is 2.27 bits per heavy atom. The Labute approximate surface area is 96.6 Å². The quantitative estimate of drug-likeness (QED) is 0.608. The Hall–Kier alpha value is -0.900. The predicted octanol–water partition coefficient (Wildman–Crippen LogP) is 3.31. The van der Waals surface area contributed by atoms with E-state index in [-0.39, 0.29) is 0 Å². The van der Waals surface area contributed by atoms with Crippen molar-refractivity contribution in [1.82, 2.24) is 0 Å². The minimum atomic E-state index is -0.411. The van der Waals surface area contributed by atoms with Crippen LogP contribution in [0.5, 0.6) is 5.75 Å². The van der Waals surface area contributed by atoms with Gasteiger partial charge in [-0.15, -0.1) is 0 Å². The molecule has 15 heavy (non-hydrogen) atoms. The van der Waals surface area contributed by atoms with E-state index >= 15 is 0 Å². The number of ether oxygens (including phenoxy) is 1. The van der Waals surface area contributed by atoms with Gasteiger partial charge < -0.3 is 4.74 Å². The van der Waals surface area contributed by atoms with Crippen molar-refractivity contribution >= 4 is 22.2 Å². The summed E-state index contributed by atoms with van der Waals surface area (Å²) < 4.78 is 18.1. The van der Waals surface area contributed by atoms with E-state index in [1.165, 1.54) is 0 Å². The van der Waals surface area contributed by atoms with Crippen LogP contribution in [0.4, 0.5) is 4.39 Å². The first kappa shape index (κ1) is 12.2. The normalized spacial score (nSPS) is 10.1. The van der Waals surface area contributed by atoms with E-state index in [9.17, 15) is 9.18 Å². The van der Waals surface area contributed by atoms with Gasteiger partial charge in [-0.05, 0) is 24.6 Å². The largest absolute Gasteiger partial charge is 0.492 e. The lowest BCUT2D eigenvalue weighted by atomic mass is 10.1. The van der Waals surface area contributed by atoms with Crippen LogP contribution in [0, 0.1) is 6.92 Å². The molecule has 0 aliphatic rings. The molecule has 1 aromatic carbocycles. The van der Waals surface area contributed by atoms with Gasteiger partial charge in [0.1, 0.15) is 5.75 Å². The van der Waals surface area contributed by atoms with Crippen LogP contribution < -0.4 is 4.74 Å². The first-order valence-corrected chi connectivity index (χ1v) is 5.42. The second-order valence-electron chi connectivity index (χ2n) is 3.15. The number of halogens is 2. The van der Waals surface area contributed by atoms with Gasteiger partial charge in [-0.3, -0.25) is 9.18 Å². The fourth-order valence-corrected chi connectivity index (χ4v) is 1.86. The molecule has 0 amide bonds. The first-order chi connectivity index (χ1) is 7.19. The second-order valence-corrected chi connectivity index (χ2v) is 4.07. The zero-order valence-electron chi connectivity index (χ0n) is 8.43. The van der Waals surface area contributed by atoms with Crippen molar-refractivity contribution in [3.05, 3.63) is 27.7 Å². The number of hydrogen-bond donors (Lipinski definition) is 0. The van der Waals surface area contributed by atoms with Gasteiger partial charge in [-0.1, -0.05) is 15.9 Å². The topological polar surface area (TPSA) is 26.3 Å². The smallest absolute Gasteiger partial charge is 0.153 e. The number of aryl methyl sites for hydroxylation is 1. The number of carbonyl (C=O) groups excluding carboxylic acids is 1. The molecule has 0 radical (unpaired) electrons. The van der Waals surface area contributed by atoms with Crippen LogP contribution >= 0.6 is 15.9 Å². The summed E-state index contributed by atoms with van der Waals surface area (Å²) in [6.07, 6.45) is 1.08. The summed E-state index contributed by atoms with van der Waals surface area (Å²) in [5, 5.41) is 0. The Balaban J connectivity index is 2.89. The van der Waals surface area contributed by atoms with E-state index in [4.69, 9.17) is 4.74 Å². The van der Waals surface area contributed by atoms with Crippen molar-refractivity contribution < 1.29 is 13.9 Å². The van der Waals surface area contributed by atoms with Crippen LogP contribution in [0.2, 0.25) is 0 Å². The Kier molecular flexibility index (Phi) is 4.75. The number of hydrogen-bond acceptors (Lipinski definition) is 2. The molecule has 0 bridgehead atoms. The van der Waals surface area contributed by atoms with Crippen LogP contribution in [-0.2, 0) is 0 Å². The fourth-order valence-electron chi connectivity index (χ4n) is 1.27. The van der Waals surface area contributed by atoms with E-state index in [0.717, 1.165) is 16.3 Å². The van der Waals surface area contributed by atoms with Gasteiger partial charge in [0.15, 0.2) is 6.29 Å². The average molecular weight is 275 g/mol. The summed E-state index contributed by atoms with van der Waals surface area (Å²) in [5.41, 5.74) is 1.35. The van der Waals surface area contributed by atoms with Gasteiger partial charge in [0.2, 0.25) is 0 Å². The zero-order chi connectivity index (χ0) is 11.3. The van der Waals surface area contributed by atoms with Crippen LogP contribution in [-0.4, -0.2) is 19.6 Å². The maximum atomic E-state index is 11.9. The van der Waals surface area contributed by atoms with Gasteiger partial charge in [0.25, 0.3) is 0 Å². The standard InChI is InChI=1S/C11H12BrFO2/c1-8-5-10(12)6-9(7-14)11(8)15-4-2-3-13/h5-7H,2-4H2,1H3. The van der Waals surface area contributed by atoms with E-state index < -0.39 is 6.67 Å². The second kappa shape index (κ2) is 5.85. The summed E-state index contributed by atoms with van der Waals surface area (Å²) in [6, 6.07) is 3.54. The van der Waals surface area contributed by atoms with Crippen molar-refractivity contribution in [2.45, 2.75) is 13.3 Å². The number of aldehydes is 1. The third-order valence-electron chi connectivity index (χ3n) is 1.92. The molecular formula is C11H12BrFO2. The molecular weight excluding hydrogens is 263 g/mol. The highest BCUT2D eigenvalue weighted by atomic mass is 79.9. The summed E-state index contributed by atoms with van der Waals surface area (Å²) in [7, 11) is 0. The average Bonchev–Trinajstić information content (AvgIpc) is 2.20. The van der Waals surface area contributed by atoms with Gasteiger partial charge in [0.05, 0.1) is 18.8 Å². The molecule has 1 rings (SSSR count). The van der Waals surface area contributed by atoms with Gasteiger partial charge in [0, 0.05) is 10.9 Å². The number of benzene rings is 1. The molecule has 0 saturated carbocycles. The molecule has 0 saturated heterocycles. The molecule has 0 aromatic heterocycles.